The normalized spacial score (nSPS) is 12.3. The molecule has 1 amide bonds. The topological polar surface area (TPSA) is 78.3 Å². The fourth-order valence-electron chi connectivity index (χ4n) is 1.89. The summed E-state index contributed by atoms with van der Waals surface area (Å²) in [5.41, 5.74) is 13.6. The van der Waals surface area contributed by atoms with Crippen LogP contribution in [0.15, 0.2) is 6.07 Å². The highest BCUT2D eigenvalue weighted by molar-refractivity contribution is 6.32. The highest BCUT2D eigenvalue weighted by atomic mass is 35.5. The second-order valence-electron chi connectivity index (χ2n) is 4.03. The van der Waals surface area contributed by atoms with Crippen LogP contribution in [0.5, 0.6) is 5.75 Å². The molecule has 0 bridgehead atoms. The first-order valence-corrected chi connectivity index (χ1v) is 5.63. The fraction of sp³-hybridized carbons (Fsp3) is 0.417. The lowest BCUT2D eigenvalue weighted by Gasteiger charge is -2.19. The lowest BCUT2D eigenvalue weighted by atomic mass is 9.96. The maximum atomic E-state index is 10.9. The first kappa shape index (κ1) is 13.8. The summed E-state index contributed by atoms with van der Waals surface area (Å²) in [5.74, 6) is 0.189. The zero-order valence-electron chi connectivity index (χ0n) is 10.2. The molecule has 94 valence electrons. The van der Waals surface area contributed by atoms with Crippen LogP contribution in [0.4, 0.5) is 0 Å². The third-order valence-electron chi connectivity index (χ3n) is 2.70. The molecule has 1 atom stereocenters. The van der Waals surface area contributed by atoms with Gasteiger partial charge in [-0.2, -0.15) is 0 Å². The first-order chi connectivity index (χ1) is 7.88. The number of hydrogen-bond acceptors (Lipinski definition) is 3. The minimum atomic E-state index is -0.499. The van der Waals surface area contributed by atoms with E-state index in [4.69, 9.17) is 27.8 Å². The minimum Gasteiger partial charge on any atom is -0.496 e. The molecule has 0 radical (unpaired) electrons. The molecule has 1 aromatic rings. The summed E-state index contributed by atoms with van der Waals surface area (Å²) < 4.78 is 5.27. The number of rotatable bonds is 4. The van der Waals surface area contributed by atoms with Gasteiger partial charge in [0.1, 0.15) is 5.75 Å². The van der Waals surface area contributed by atoms with E-state index in [1.165, 1.54) is 0 Å². The van der Waals surface area contributed by atoms with Crippen molar-refractivity contribution in [1.29, 1.82) is 0 Å². The molecule has 1 rings (SSSR count). The van der Waals surface area contributed by atoms with Crippen molar-refractivity contribution in [2.75, 3.05) is 7.11 Å². The fourth-order valence-corrected chi connectivity index (χ4v) is 2.04. The SMILES string of the molecule is COc1cc(C)c(Cl)c(C)c1C(N)CC(N)=O. The van der Waals surface area contributed by atoms with E-state index in [1.807, 2.05) is 19.9 Å². The van der Waals surface area contributed by atoms with Gasteiger partial charge >= 0.3 is 0 Å². The molecule has 0 heterocycles. The molecule has 0 aliphatic heterocycles. The number of hydrogen-bond donors (Lipinski definition) is 2. The Hall–Kier alpha value is -1.26. The summed E-state index contributed by atoms with van der Waals surface area (Å²) in [7, 11) is 1.56. The van der Waals surface area contributed by atoms with Gasteiger partial charge in [0.05, 0.1) is 7.11 Å². The predicted octanol–water partition coefficient (Wildman–Crippen LogP) is 1.84. The molecule has 17 heavy (non-hydrogen) atoms. The van der Waals surface area contributed by atoms with Gasteiger partial charge in [0, 0.05) is 23.0 Å². The number of nitrogens with two attached hydrogens (primary N) is 2. The van der Waals surface area contributed by atoms with Crippen LogP contribution < -0.4 is 16.2 Å². The van der Waals surface area contributed by atoms with Crippen LogP contribution in [0, 0.1) is 13.8 Å². The molecule has 1 unspecified atom stereocenters. The highest BCUT2D eigenvalue weighted by Gasteiger charge is 2.19. The summed E-state index contributed by atoms with van der Waals surface area (Å²) in [6, 6.07) is 1.31. The number of amides is 1. The number of carbonyl (C=O) groups excluding carboxylic acids is 1. The van der Waals surface area contributed by atoms with E-state index in [2.05, 4.69) is 0 Å². The van der Waals surface area contributed by atoms with Gasteiger partial charge < -0.3 is 16.2 Å². The molecule has 0 fully saturated rings. The molecular weight excluding hydrogens is 240 g/mol. The third kappa shape index (κ3) is 2.90. The molecule has 0 saturated heterocycles. The Bertz CT molecular complexity index is 447. The Morgan fingerprint density at radius 2 is 2.12 bits per heavy atom. The molecule has 0 aliphatic rings. The zero-order valence-corrected chi connectivity index (χ0v) is 11.0. The number of methoxy groups -OCH3 is 1. The van der Waals surface area contributed by atoms with E-state index < -0.39 is 11.9 Å². The highest BCUT2D eigenvalue weighted by Crippen LogP contribution is 2.35. The molecule has 0 aliphatic carbocycles. The Kier molecular flexibility index (Phi) is 4.37. The van der Waals surface area contributed by atoms with Crippen molar-refractivity contribution in [3.05, 3.63) is 27.8 Å². The first-order valence-electron chi connectivity index (χ1n) is 5.26. The number of benzene rings is 1. The van der Waals surface area contributed by atoms with Crippen molar-refractivity contribution >= 4 is 17.5 Å². The molecule has 0 saturated carbocycles. The van der Waals surface area contributed by atoms with Gasteiger partial charge in [-0.3, -0.25) is 4.79 Å². The molecule has 0 spiro atoms. The van der Waals surface area contributed by atoms with E-state index in [1.54, 1.807) is 7.11 Å². The van der Waals surface area contributed by atoms with E-state index in [-0.39, 0.29) is 6.42 Å². The van der Waals surface area contributed by atoms with Crippen LogP contribution in [0.25, 0.3) is 0 Å². The smallest absolute Gasteiger partial charge is 0.219 e. The average Bonchev–Trinajstić information content (AvgIpc) is 2.23. The lowest BCUT2D eigenvalue weighted by molar-refractivity contribution is -0.118. The van der Waals surface area contributed by atoms with Crippen LogP contribution in [0.3, 0.4) is 0 Å². The molecule has 4 nitrogen and oxygen atoms in total. The summed E-state index contributed by atoms with van der Waals surface area (Å²) in [6.45, 7) is 3.75. The van der Waals surface area contributed by atoms with Crippen LogP contribution >= 0.6 is 11.6 Å². The number of aryl methyl sites for hydroxylation is 1. The second kappa shape index (κ2) is 5.38. The van der Waals surface area contributed by atoms with Crippen LogP contribution in [0.1, 0.15) is 29.2 Å². The largest absolute Gasteiger partial charge is 0.496 e. The molecule has 5 heteroatoms. The van der Waals surface area contributed by atoms with Crippen molar-refractivity contribution in [3.63, 3.8) is 0 Å². The summed E-state index contributed by atoms with van der Waals surface area (Å²) in [4.78, 5) is 10.9. The van der Waals surface area contributed by atoms with E-state index in [0.717, 1.165) is 16.7 Å². The van der Waals surface area contributed by atoms with Crippen molar-refractivity contribution < 1.29 is 9.53 Å². The van der Waals surface area contributed by atoms with Crippen LogP contribution in [0.2, 0.25) is 5.02 Å². The third-order valence-corrected chi connectivity index (χ3v) is 3.29. The van der Waals surface area contributed by atoms with E-state index in [9.17, 15) is 4.79 Å². The Balaban J connectivity index is 3.30. The zero-order chi connectivity index (χ0) is 13.2. The predicted molar refractivity (Wildman–Crippen MR) is 68.2 cm³/mol. The summed E-state index contributed by atoms with van der Waals surface area (Å²) in [5, 5.41) is 0.640. The van der Waals surface area contributed by atoms with E-state index >= 15 is 0 Å². The van der Waals surface area contributed by atoms with Crippen LogP contribution in [-0.4, -0.2) is 13.0 Å². The number of ether oxygens (including phenoxy) is 1. The van der Waals surface area contributed by atoms with Crippen molar-refractivity contribution in [2.24, 2.45) is 11.5 Å². The standard InChI is InChI=1S/C12H17ClN2O2/c1-6-4-9(17-3)11(7(2)12(6)13)8(14)5-10(15)16/h4,8H,5,14H2,1-3H3,(H2,15,16). The van der Waals surface area contributed by atoms with Gasteiger partial charge in [-0.15, -0.1) is 0 Å². The summed E-state index contributed by atoms with van der Waals surface area (Å²) >= 11 is 6.17. The maximum Gasteiger partial charge on any atom is 0.219 e. The van der Waals surface area contributed by atoms with Gasteiger partial charge in [0.25, 0.3) is 0 Å². The second-order valence-corrected chi connectivity index (χ2v) is 4.40. The van der Waals surface area contributed by atoms with Crippen LogP contribution in [-0.2, 0) is 4.79 Å². The number of halogens is 1. The Morgan fingerprint density at radius 3 is 2.59 bits per heavy atom. The van der Waals surface area contributed by atoms with E-state index in [0.29, 0.717) is 10.8 Å². The lowest BCUT2D eigenvalue weighted by Crippen LogP contribution is -2.22. The molecule has 0 aromatic heterocycles. The van der Waals surface area contributed by atoms with Crippen molar-refractivity contribution in [3.8, 4) is 5.75 Å². The van der Waals surface area contributed by atoms with Gasteiger partial charge in [-0.1, -0.05) is 11.6 Å². The van der Waals surface area contributed by atoms with Gasteiger partial charge in [0.15, 0.2) is 0 Å². The molecule has 1 aromatic carbocycles. The summed E-state index contributed by atoms with van der Waals surface area (Å²) in [6.07, 6.45) is 0.0661. The Morgan fingerprint density at radius 1 is 1.53 bits per heavy atom. The quantitative estimate of drug-likeness (QED) is 0.863. The van der Waals surface area contributed by atoms with Crippen molar-refractivity contribution in [2.45, 2.75) is 26.3 Å². The molecule has 4 N–H and O–H groups in total. The number of primary amides is 1. The minimum absolute atomic E-state index is 0.0661. The Labute approximate surface area is 106 Å². The number of carbonyl (C=O) groups is 1. The average molecular weight is 257 g/mol. The monoisotopic (exact) mass is 256 g/mol. The molecular formula is C12H17ClN2O2. The van der Waals surface area contributed by atoms with Gasteiger partial charge in [0.2, 0.25) is 5.91 Å². The van der Waals surface area contributed by atoms with Gasteiger partial charge in [-0.05, 0) is 31.0 Å². The maximum absolute atomic E-state index is 10.9. The van der Waals surface area contributed by atoms with Gasteiger partial charge in [-0.25, -0.2) is 0 Å². The van der Waals surface area contributed by atoms with Crippen molar-refractivity contribution in [1.82, 2.24) is 0 Å².